The zero-order valence-corrected chi connectivity index (χ0v) is 16.9. The minimum Gasteiger partial charge on any atom is -0.497 e. The van der Waals surface area contributed by atoms with E-state index in [9.17, 15) is 14.4 Å². The average molecular weight is 398 g/mol. The lowest BCUT2D eigenvalue weighted by Gasteiger charge is -2.17. The molecule has 0 aliphatic rings. The molecule has 7 nitrogen and oxygen atoms in total. The van der Waals surface area contributed by atoms with E-state index in [-0.39, 0.29) is 19.1 Å². The molecule has 0 heterocycles. The summed E-state index contributed by atoms with van der Waals surface area (Å²) >= 11 is 0. The van der Waals surface area contributed by atoms with Crippen LogP contribution < -0.4 is 10.1 Å². The van der Waals surface area contributed by atoms with Gasteiger partial charge in [-0.05, 0) is 41.8 Å². The minimum atomic E-state index is -0.680. The van der Waals surface area contributed by atoms with Gasteiger partial charge in [-0.15, -0.1) is 0 Å². The molecule has 154 valence electrons. The summed E-state index contributed by atoms with van der Waals surface area (Å²) in [6, 6.07) is 14.5. The summed E-state index contributed by atoms with van der Waals surface area (Å²) in [5.74, 6) is -0.784. The number of hydrogen-bond acceptors (Lipinski definition) is 5. The van der Waals surface area contributed by atoms with E-state index in [0.717, 1.165) is 12.0 Å². The zero-order valence-electron chi connectivity index (χ0n) is 16.9. The number of nitrogens with one attached hydrogen (secondary N) is 1. The summed E-state index contributed by atoms with van der Waals surface area (Å²) in [5.41, 5.74) is 2.62. The standard InChI is InChI=1S/C22H26N2O5/c1-4-16-5-7-17(8-6-16)14-24(2)20(25)15-29-21(26)13-23-22(27)18-9-11-19(28-3)12-10-18/h5-12H,4,13-15H2,1-3H3,(H,23,27). The van der Waals surface area contributed by atoms with E-state index in [0.29, 0.717) is 17.9 Å². The highest BCUT2D eigenvalue weighted by Crippen LogP contribution is 2.11. The second kappa shape index (κ2) is 10.8. The molecule has 0 atom stereocenters. The molecule has 1 N–H and O–H groups in total. The lowest BCUT2D eigenvalue weighted by atomic mass is 10.1. The molecule has 0 aliphatic heterocycles. The largest absolute Gasteiger partial charge is 0.497 e. The summed E-state index contributed by atoms with van der Waals surface area (Å²) in [6.45, 7) is 1.81. The number of likely N-dealkylation sites (N-methyl/N-ethyl adjacent to an activating group) is 1. The molecule has 0 fully saturated rings. The van der Waals surface area contributed by atoms with Gasteiger partial charge in [0.05, 0.1) is 7.11 Å². The molecule has 2 amide bonds. The number of rotatable bonds is 9. The SMILES string of the molecule is CCc1ccc(CN(C)C(=O)COC(=O)CNC(=O)c2ccc(OC)cc2)cc1. The molecule has 0 saturated heterocycles. The third-order valence-electron chi connectivity index (χ3n) is 4.38. The third-order valence-corrected chi connectivity index (χ3v) is 4.38. The number of carbonyl (C=O) groups is 3. The van der Waals surface area contributed by atoms with Crippen molar-refractivity contribution in [2.24, 2.45) is 0 Å². The van der Waals surface area contributed by atoms with Gasteiger partial charge < -0.3 is 19.7 Å². The van der Waals surface area contributed by atoms with Crippen LogP contribution in [0.1, 0.15) is 28.4 Å². The van der Waals surface area contributed by atoms with Crippen molar-refractivity contribution in [1.82, 2.24) is 10.2 Å². The van der Waals surface area contributed by atoms with Crippen LogP contribution in [0, 0.1) is 0 Å². The quantitative estimate of drug-likeness (QED) is 0.655. The van der Waals surface area contributed by atoms with Gasteiger partial charge in [-0.1, -0.05) is 31.2 Å². The van der Waals surface area contributed by atoms with Crippen molar-refractivity contribution in [2.75, 3.05) is 27.3 Å². The fourth-order valence-corrected chi connectivity index (χ4v) is 2.54. The van der Waals surface area contributed by atoms with Crippen LogP contribution >= 0.6 is 0 Å². The molecule has 0 aromatic heterocycles. The van der Waals surface area contributed by atoms with Gasteiger partial charge in [0.25, 0.3) is 11.8 Å². The summed E-state index contributed by atoms with van der Waals surface area (Å²) < 4.78 is 9.98. The molecule has 2 aromatic carbocycles. The lowest BCUT2D eigenvalue weighted by molar-refractivity contribution is -0.150. The Morgan fingerprint density at radius 2 is 1.59 bits per heavy atom. The van der Waals surface area contributed by atoms with Gasteiger partial charge >= 0.3 is 5.97 Å². The van der Waals surface area contributed by atoms with E-state index in [4.69, 9.17) is 9.47 Å². The van der Waals surface area contributed by atoms with Crippen LogP contribution in [0.5, 0.6) is 5.75 Å². The number of carbonyl (C=O) groups excluding carboxylic acids is 3. The Morgan fingerprint density at radius 1 is 0.966 bits per heavy atom. The molecule has 0 bridgehead atoms. The van der Waals surface area contributed by atoms with Gasteiger partial charge in [0, 0.05) is 19.2 Å². The van der Waals surface area contributed by atoms with Crippen molar-refractivity contribution in [3.63, 3.8) is 0 Å². The molecule has 0 unspecified atom stereocenters. The van der Waals surface area contributed by atoms with Gasteiger partial charge in [0.15, 0.2) is 6.61 Å². The zero-order chi connectivity index (χ0) is 21.2. The number of nitrogens with zero attached hydrogens (tertiary/aromatic N) is 1. The molecular formula is C22H26N2O5. The van der Waals surface area contributed by atoms with Crippen LogP contribution in [-0.2, 0) is 27.3 Å². The highest BCUT2D eigenvalue weighted by atomic mass is 16.5. The summed E-state index contributed by atoms with van der Waals surface area (Å²) in [6.07, 6.45) is 0.958. The third kappa shape index (κ3) is 6.95. The smallest absolute Gasteiger partial charge is 0.325 e. The monoisotopic (exact) mass is 398 g/mol. The maximum atomic E-state index is 12.1. The Kier molecular flexibility index (Phi) is 8.21. The first-order valence-electron chi connectivity index (χ1n) is 9.32. The number of amides is 2. The molecule has 0 spiro atoms. The Bertz CT molecular complexity index is 831. The van der Waals surface area contributed by atoms with Crippen LogP contribution in [0.2, 0.25) is 0 Å². The van der Waals surface area contributed by atoms with Crippen molar-refractivity contribution in [1.29, 1.82) is 0 Å². The normalized spacial score (nSPS) is 10.2. The molecule has 0 aliphatic carbocycles. The van der Waals surface area contributed by atoms with E-state index in [2.05, 4.69) is 12.2 Å². The van der Waals surface area contributed by atoms with Crippen molar-refractivity contribution >= 4 is 17.8 Å². The Labute approximate surface area is 170 Å². The molecular weight excluding hydrogens is 372 g/mol. The van der Waals surface area contributed by atoms with Gasteiger partial charge in [-0.3, -0.25) is 14.4 Å². The van der Waals surface area contributed by atoms with Crippen molar-refractivity contribution in [2.45, 2.75) is 19.9 Å². The fraction of sp³-hybridized carbons (Fsp3) is 0.318. The van der Waals surface area contributed by atoms with E-state index in [1.807, 2.05) is 24.3 Å². The predicted octanol–water partition coefficient (Wildman–Crippen LogP) is 2.19. The Balaban J connectivity index is 1.72. The van der Waals surface area contributed by atoms with Crippen molar-refractivity contribution < 1.29 is 23.9 Å². The highest BCUT2D eigenvalue weighted by molar-refractivity contribution is 5.96. The molecule has 0 radical (unpaired) electrons. The van der Waals surface area contributed by atoms with Gasteiger partial charge in [0.1, 0.15) is 12.3 Å². The van der Waals surface area contributed by atoms with Gasteiger partial charge in [-0.2, -0.15) is 0 Å². The van der Waals surface area contributed by atoms with E-state index in [1.54, 1.807) is 31.3 Å². The number of methoxy groups -OCH3 is 1. The average Bonchev–Trinajstić information content (AvgIpc) is 2.76. The maximum absolute atomic E-state index is 12.1. The number of ether oxygens (including phenoxy) is 2. The molecule has 7 heteroatoms. The first-order valence-corrected chi connectivity index (χ1v) is 9.32. The van der Waals surface area contributed by atoms with Crippen LogP contribution in [0.25, 0.3) is 0 Å². The van der Waals surface area contributed by atoms with Crippen LogP contribution in [0.3, 0.4) is 0 Å². The lowest BCUT2D eigenvalue weighted by Crippen LogP contribution is -2.34. The number of hydrogen-bond donors (Lipinski definition) is 1. The second-order valence-corrected chi connectivity index (χ2v) is 6.49. The van der Waals surface area contributed by atoms with E-state index >= 15 is 0 Å². The van der Waals surface area contributed by atoms with Gasteiger partial charge in [0.2, 0.25) is 0 Å². The summed E-state index contributed by atoms with van der Waals surface area (Å²) in [4.78, 5) is 37.5. The molecule has 2 rings (SSSR count). The van der Waals surface area contributed by atoms with Crippen molar-refractivity contribution in [3.8, 4) is 5.75 Å². The fourth-order valence-electron chi connectivity index (χ4n) is 2.54. The molecule has 29 heavy (non-hydrogen) atoms. The highest BCUT2D eigenvalue weighted by Gasteiger charge is 2.14. The Hall–Kier alpha value is -3.35. The first-order chi connectivity index (χ1) is 13.9. The van der Waals surface area contributed by atoms with Crippen LogP contribution in [0.15, 0.2) is 48.5 Å². The molecule has 0 saturated carbocycles. The first kappa shape index (κ1) is 21.9. The summed E-state index contributed by atoms with van der Waals surface area (Å²) in [5, 5.41) is 2.46. The predicted molar refractivity (Wildman–Crippen MR) is 109 cm³/mol. The van der Waals surface area contributed by atoms with E-state index in [1.165, 1.54) is 17.6 Å². The Morgan fingerprint density at radius 3 is 2.17 bits per heavy atom. The molecule has 2 aromatic rings. The number of aryl methyl sites for hydroxylation is 1. The van der Waals surface area contributed by atoms with Crippen LogP contribution in [-0.4, -0.2) is 50.0 Å². The topological polar surface area (TPSA) is 84.9 Å². The minimum absolute atomic E-state index is 0.319. The van der Waals surface area contributed by atoms with Gasteiger partial charge in [-0.25, -0.2) is 0 Å². The summed E-state index contributed by atoms with van der Waals surface area (Å²) in [7, 11) is 3.18. The van der Waals surface area contributed by atoms with Crippen molar-refractivity contribution in [3.05, 3.63) is 65.2 Å². The second-order valence-electron chi connectivity index (χ2n) is 6.49. The number of benzene rings is 2. The van der Waals surface area contributed by atoms with E-state index < -0.39 is 11.9 Å². The maximum Gasteiger partial charge on any atom is 0.325 e. The van der Waals surface area contributed by atoms with Crippen LogP contribution in [0.4, 0.5) is 0 Å². The number of esters is 1.